The van der Waals surface area contributed by atoms with E-state index >= 15 is 0 Å². The molecule has 0 spiro atoms. The number of ether oxygens (including phenoxy) is 2. The van der Waals surface area contributed by atoms with Crippen LogP contribution in [0.2, 0.25) is 0 Å². The van der Waals surface area contributed by atoms with Crippen LogP contribution in [0.5, 0.6) is 0 Å². The van der Waals surface area contributed by atoms with Crippen LogP contribution in [0.3, 0.4) is 0 Å². The number of aldehydes is 1. The number of unbranched alkanes of at least 4 members (excludes halogenated alkanes) is 1. The Morgan fingerprint density at radius 1 is 1.07 bits per heavy atom. The zero-order chi connectivity index (χ0) is 22.2. The number of amides is 2. The Hall–Kier alpha value is -2.20. The summed E-state index contributed by atoms with van der Waals surface area (Å²) in [6, 6.07) is -2.88. The molecule has 0 rings (SSSR count). The van der Waals surface area contributed by atoms with Gasteiger partial charge in [-0.3, -0.25) is 0 Å². The predicted octanol–water partition coefficient (Wildman–Crippen LogP) is 0.820. The molecular weight excluding hydrogens is 370 g/mol. The second kappa shape index (κ2) is 15.8. The van der Waals surface area contributed by atoms with Crippen LogP contribution in [0, 0.1) is 0 Å². The fourth-order valence-corrected chi connectivity index (χ4v) is 1.73. The molecule has 0 aliphatic carbocycles. The maximum Gasteiger partial charge on any atom is 0.328 e. The number of carbonyl (C=O) groups is 4. The van der Waals surface area contributed by atoms with Crippen molar-refractivity contribution >= 4 is 24.3 Å². The minimum absolute atomic E-state index is 0.0417. The van der Waals surface area contributed by atoms with E-state index in [9.17, 15) is 19.2 Å². The summed E-state index contributed by atoms with van der Waals surface area (Å²) >= 11 is 0. The second-order valence-electron chi connectivity index (χ2n) is 6.93. The van der Waals surface area contributed by atoms with Gasteiger partial charge in [0, 0.05) is 13.5 Å². The molecule has 0 radical (unpaired) electrons. The lowest BCUT2D eigenvalue weighted by molar-refractivity contribution is -0.143. The van der Waals surface area contributed by atoms with Gasteiger partial charge in [-0.25, -0.2) is 14.4 Å². The third-order valence-electron chi connectivity index (χ3n) is 3.53. The Morgan fingerprint density at radius 2 is 1.61 bits per heavy atom. The van der Waals surface area contributed by atoms with Gasteiger partial charge in [0.15, 0.2) is 0 Å². The molecule has 0 saturated heterocycles. The van der Waals surface area contributed by atoms with Crippen LogP contribution in [0.15, 0.2) is 0 Å². The molecule has 0 bridgehead atoms. The number of nitrogens with two attached hydrogens (primary N) is 1. The van der Waals surface area contributed by atoms with Crippen LogP contribution in [-0.4, -0.2) is 67.8 Å². The molecule has 5 N–H and O–H groups in total. The number of hydrogen-bond donors (Lipinski definition) is 4. The molecule has 2 unspecified atom stereocenters. The molecule has 2 amide bonds. The second-order valence-corrected chi connectivity index (χ2v) is 6.93. The first kappa shape index (κ1) is 28.0. The summed E-state index contributed by atoms with van der Waals surface area (Å²) in [6.07, 6.45) is 2.20. The van der Waals surface area contributed by atoms with Gasteiger partial charge in [-0.15, -0.1) is 0 Å². The molecule has 0 aliphatic heterocycles. The summed E-state index contributed by atoms with van der Waals surface area (Å²) < 4.78 is 9.45. The zero-order valence-electron chi connectivity index (χ0n) is 17.4. The summed E-state index contributed by atoms with van der Waals surface area (Å²) in [5.41, 5.74) is 5.37. The number of methoxy groups -OCH3 is 2. The Morgan fingerprint density at radius 3 is 2.00 bits per heavy atom. The number of rotatable bonds is 11. The molecule has 28 heavy (non-hydrogen) atoms. The Labute approximate surface area is 166 Å². The van der Waals surface area contributed by atoms with Gasteiger partial charge in [0.25, 0.3) is 0 Å². The number of carboxylic acid groups (broad SMARTS) is 1. The average molecular weight is 405 g/mol. The van der Waals surface area contributed by atoms with E-state index in [4.69, 9.17) is 15.6 Å². The maximum atomic E-state index is 11.8. The van der Waals surface area contributed by atoms with E-state index < -0.39 is 30.1 Å². The molecule has 0 aromatic carbocycles. The first-order chi connectivity index (χ1) is 13.0. The first-order valence-corrected chi connectivity index (χ1v) is 9.08. The normalized spacial score (nSPS) is 12.6. The number of carbonyl (C=O) groups excluding carboxylic acids is 3. The monoisotopic (exact) mass is 405 g/mol. The molecular formula is C18H35N3O7. The average Bonchev–Trinajstić information content (AvgIpc) is 2.63. The third kappa shape index (κ3) is 16.0. The fourth-order valence-electron chi connectivity index (χ4n) is 1.73. The van der Waals surface area contributed by atoms with Gasteiger partial charge in [-0.2, -0.15) is 0 Å². The quantitative estimate of drug-likeness (QED) is 0.223. The van der Waals surface area contributed by atoms with Gasteiger partial charge in [0.2, 0.25) is 0 Å². The van der Waals surface area contributed by atoms with Gasteiger partial charge in [0.05, 0.1) is 12.7 Å². The number of aliphatic carboxylic acids is 1. The van der Waals surface area contributed by atoms with E-state index in [-0.39, 0.29) is 24.9 Å². The Balaban J connectivity index is 0. The lowest BCUT2D eigenvalue weighted by Crippen LogP contribution is -2.51. The summed E-state index contributed by atoms with van der Waals surface area (Å²) in [7, 11) is 2.86. The number of esters is 1. The predicted molar refractivity (Wildman–Crippen MR) is 104 cm³/mol. The Kier molecular flexibility index (Phi) is 15.8. The molecule has 0 aromatic heterocycles. The molecule has 0 heterocycles. The Bertz CT molecular complexity index is 478. The van der Waals surface area contributed by atoms with Crippen LogP contribution in [0.4, 0.5) is 4.79 Å². The van der Waals surface area contributed by atoms with Crippen LogP contribution in [0.25, 0.3) is 0 Å². The number of hydrogen-bond acceptors (Lipinski definition) is 7. The standard InChI is InChI=1S/C13H23N3O6.C5H12O/c1-22-12(20)10(6-4-8-17)16-13(21)15-9(11(18)19)5-2-3-7-14;1-5(2,3)6-4/h8-10H,2-7,14H2,1H3,(H,18,19)(H2,15,16,21);1-4H3. The van der Waals surface area contributed by atoms with E-state index in [2.05, 4.69) is 15.4 Å². The highest BCUT2D eigenvalue weighted by molar-refractivity contribution is 5.86. The van der Waals surface area contributed by atoms with Crippen molar-refractivity contribution in [3.8, 4) is 0 Å². The lowest BCUT2D eigenvalue weighted by Gasteiger charge is -2.19. The van der Waals surface area contributed by atoms with Crippen LogP contribution in [-0.2, 0) is 23.9 Å². The first-order valence-electron chi connectivity index (χ1n) is 9.08. The van der Waals surface area contributed by atoms with Gasteiger partial charge in [-0.05, 0) is 53.0 Å². The smallest absolute Gasteiger partial charge is 0.328 e. The van der Waals surface area contributed by atoms with Crippen molar-refractivity contribution in [1.29, 1.82) is 0 Å². The molecule has 0 fully saturated rings. The number of urea groups is 1. The van der Waals surface area contributed by atoms with E-state index in [1.54, 1.807) is 7.11 Å². The van der Waals surface area contributed by atoms with Crippen molar-refractivity contribution in [2.75, 3.05) is 20.8 Å². The van der Waals surface area contributed by atoms with E-state index in [1.165, 1.54) is 0 Å². The molecule has 10 heteroatoms. The van der Waals surface area contributed by atoms with E-state index in [0.29, 0.717) is 25.7 Å². The number of nitrogens with one attached hydrogen (secondary N) is 2. The minimum Gasteiger partial charge on any atom is -0.480 e. The van der Waals surface area contributed by atoms with Gasteiger partial charge < -0.3 is 35.7 Å². The van der Waals surface area contributed by atoms with Crippen molar-refractivity contribution in [3.63, 3.8) is 0 Å². The third-order valence-corrected chi connectivity index (χ3v) is 3.53. The van der Waals surface area contributed by atoms with Gasteiger partial charge in [0.1, 0.15) is 18.4 Å². The zero-order valence-corrected chi connectivity index (χ0v) is 17.4. The van der Waals surface area contributed by atoms with Crippen molar-refractivity contribution < 1.29 is 33.8 Å². The van der Waals surface area contributed by atoms with Crippen LogP contribution in [0.1, 0.15) is 52.9 Å². The highest BCUT2D eigenvalue weighted by atomic mass is 16.5. The molecule has 0 aliphatic rings. The van der Waals surface area contributed by atoms with Crippen molar-refractivity contribution in [3.05, 3.63) is 0 Å². The summed E-state index contributed by atoms with van der Waals surface area (Å²) in [4.78, 5) is 44.7. The molecule has 0 saturated carbocycles. The fraction of sp³-hybridized carbons (Fsp3) is 0.778. The number of carboxylic acids is 1. The highest BCUT2D eigenvalue weighted by Gasteiger charge is 2.24. The van der Waals surface area contributed by atoms with E-state index in [1.807, 2.05) is 20.8 Å². The SMILES string of the molecule is COC(=O)C(CCC=O)NC(=O)NC(CCCCN)C(=O)O.COC(C)(C)C. The molecule has 0 aromatic rings. The minimum atomic E-state index is -1.17. The molecule has 2 atom stereocenters. The summed E-state index contributed by atoms with van der Waals surface area (Å²) in [5.74, 6) is -1.87. The van der Waals surface area contributed by atoms with Gasteiger partial charge in [-0.1, -0.05) is 0 Å². The van der Waals surface area contributed by atoms with Crippen molar-refractivity contribution in [2.24, 2.45) is 5.73 Å². The topological polar surface area (TPSA) is 157 Å². The lowest BCUT2D eigenvalue weighted by atomic mass is 10.1. The van der Waals surface area contributed by atoms with Crippen molar-refractivity contribution in [1.82, 2.24) is 10.6 Å². The largest absolute Gasteiger partial charge is 0.480 e. The van der Waals surface area contributed by atoms with Crippen molar-refractivity contribution in [2.45, 2.75) is 70.6 Å². The van der Waals surface area contributed by atoms with Gasteiger partial charge >= 0.3 is 18.0 Å². The molecule has 164 valence electrons. The summed E-state index contributed by atoms with van der Waals surface area (Å²) in [6.45, 7) is 6.50. The van der Waals surface area contributed by atoms with Crippen LogP contribution < -0.4 is 16.4 Å². The highest BCUT2D eigenvalue weighted by Crippen LogP contribution is 2.03. The van der Waals surface area contributed by atoms with Crippen LogP contribution >= 0.6 is 0 Å². The maximum absolute atomic E-state index is 11.8. The van der Waals surface area contributed by atoms with E-state index in [0.717, 1.165) is 7.11 Å². The molecule has 10 nitrogen and oxygen atoms in total. The summed E-state index contributed by atoms with van der Waals surface area (Å²) in [5, 5.41) is 13.6.